The van der Waals surface area contributed by atoms with Crippen LogP contribution >= 0.6 is 0 Å². The van der Waals surface area contributed by atoms with Crippen molar-refractivity contribution < 1.29 is 30.6 Å². The van der Waals surface area contributed by atoms with Crippen LogP contribution < -0.4 is 0 Å². The fraction of sp³-hybridized carbons (Fsp3) is 0.500. The minimum atomic E-state index is 0. The van der Waals surface area contributed by atoms with Gasteiger partial charge in [-0.05, 0) is 52.6 Å². The molecule has 0 unspecified atom stereocenters. The van der Waals surface area contributed by atoms with Gasteiger partial charge < -0.3 is 9.30 Å². The van der Waals surface area contributed by atoms with Gasteiger partial charge in [-0.25, -0.2) is 0 Å². The number of nitrogens with zero attached hydrogens (tertiary/aromatic N) is 2. The van der Waals surface area contributed by atoms with Crippen molar-refractivity contribution >= 4 is 5.78 Å². The van der Waals surface area contributed by atoms with Crippen LogP contribution in [0.25, 0.3) is 5.69 Å². The molecule has 146 valence electrons. The average Bonchev–Trinajstić information content (AvgIpc) is 2.96. The Morgan fingerprint density at radius 3 is 2.44 bits per heavy atom. The van der Waals surface area contributed by atoms with E-state index in [0.29, 0.717) is 18.7 Å². The first-order chi connectivity index (χ1) is 12.5. The molecule has 0 radical (unpaired) electrons. The number of carbonyl (C=O) groups is 1. The second-order valence-electron chi connectivity index (χ2n) is 7.38. The minimum absolute atomic E-state index is 0. The molecule has 5 heteroatoms. The molecule has 1 aliphatic carbocycles. The maximum absolute atomic E-state index is 13.0. The summed E-state index contributed by atoms with van der Waals surface area (Å²) in [5.74, 6) is 0.197. The van der Waals surface area contributed by atoms with Crippen LogP contribution in [0.15, 0.2) is 30.3 Å². The maximum atomic E-state index is 13.0. The van der Waals surface area contributed by atoms with Crippen LogP contribution in [0.2, 0.25) is 0 Å². The zero-order chi connectivity index (χ0) is 18.7. The molecule has 1 aromatic carbocycles. The molecule has 0 aliphatic heterocycles. The molecule has 0 N–H and O–H groups in total. The Balaban J connectivity index is 0.00000261. The van der Waals surface area contributed by atoms with Gasteiger partial charge in [-0.1, -0.05) is 5.69 Å². The summed E-state index contributed by atoms with van der Waals surface area (Å²) >= 11 is 0. The van der Waals surface area contributed by atoms with E-state index >= 15 is 0 Å². The number of methoxy groups -OCH3 is 1. The van der Waals surface area contributed by atoms with E-state index in [4.69, 9.17) is 4.74 Å². The van der Waals surface area contributed by atoms with Gasteiger partial charge >= 0.3 is 0 Å². The predicted octanol–water partition coefficient (Wildman–Crippen LogP) is 3.96. The second kappa shape index (κ2) is 9.82. The number of hydrogen-bond donors (Lipinski definition) is 0. The predicted molar refractivity (Wildman–Crippen MR) is 104 cm³/mol. The van der Waals surface area contributed by atoms with E-state index in [0.717, 1.165) is 48.3 Å². The molecule has 1 aromatic heterocycles. The summed E-state index contributed by atoms with van der Waals surface area (Å²) in [6.07, 6.45) is 4.75. The van der Waals surface area contributed by atoms with Crippen molar-refractivity contribution in [1.29, 1.82) is 0 Å². The van der Waals surface area contributed by atoms with E-state index in [-0.39, 0.29) is 26.8 Å². The van der Waals surface area contributed by atoms with Crippen molar-refractivity contribution in [3.05, 3.63) is 53.3 Å². The zero-order valence-electron chi connectivity index (χ0n) is 16.7. The first-order valence-electron chi connectivity index (χ1n) is 9.43. The van der Waals surface area contributed by atoms with Crippen LogP contribution in [0.5, 0.6) is 0 Å². The fourth-order valence-corrected chi connectivity index (χ4v) is 4.13. The number of carbonyl (C=O) groups excluding carboxylic acids is 1. The average molecular weight is 537 g/mol. The molecule has 0 spiro atoms. The molecule has 4 nitrogen and oxygen atoms in total. The standard InChI is InChI=1S/C22H29N2O2.W/c1-16-14-21(17(2)24(16)19-8-6-5-7-9-19)22(25)15-23(3)18-10-12-20(26-4)13-11-18;/h6-9,14,18,20H,10-13,15H2,1-4H3;/q-1;. The molecular formula is C22H29N2O2W-. The molecule has 3 rings (SSSR count). The van der Waals surface area contributed by atoms with Crippen LogP contribution in [0.1, 0.15) is 47.4 Å². The topological polar surface area (TPSA) is 34.5 Å². The Morgan fingerprint density at radius 1 is 1.22 bits per heavy atom. The number of benzene rings is 1. The maximum Gasteiger partial charge on any atom is 0.178 e. The molecular weight excluding hydrogens is 508 g/mol. The largest absolute Gasteiger partial charge is 0.381 e. The molecule has 1 fully saturated rings. The van der Waals surface area contributed by atoms with Crippen LogP contribution in [-0.4, -0.2) is 48.1 Å². The van der Waals surface area contributed by atoms with Crippen molar-refractivity contribution in [2.75, 3.05) is 20.7 Å². The third-order valence-electron chi connectivity index (χ3n) is 5.68. The number of rotatable bonds is 6. The van der Waals surface area contributed by atoms with Gasteiger partial charge in [-0.2, -0.15) is 18.2 Å². The summed E-state index contributed by atoms with van der Waals surface area (Å²) in [5.41, 5.74) is 3.99. The number of likely N-dealkylation sites (N-methyl/N-ethyl adjacent to an activating group) is 1. The summed E-state index contributed by atoms with van der Waals surface area (Å²) in [4.78, 5) is 15.2. The Bertz CT molecular complexity index is 749. The number of ketones is 1. The zero-order valence-corrected chi connectivity index (χ0v) is 19.6. The van der Waals surface area contributed by atoms with E-state index < -0.39 is 0 Å². The number of hydrogen-bond acceptors (Lipinski definition) is 3. The third kappa shape index (κ3) is 4.99. The molecule has 1 heterocycles. The number of aromatic nitrogens is 1. The summed E-state index contributed by atoms with van der Waals surface area (Å²) in [5, 5.41) is 0. The van der Waals surface area contributed by atoms with E-state index in [1.165, 1.54) is 0 Å². The van der Waals surface area contributed by atoms with Gasteiger partial charge in [0.1, 0.15) is 0 Å². The van der Waals surface area contributed by atoms with Gasteiger partial charge in [0.25, 0.3) is 0 Å². The minimum Gasteiger partial charge on any atom is -0.381 e. The third-order valence-corrected chi connectivity index (χ3v) is 5.68. The Labute approximate surface area is 177 Å². The van der Waals surface area contributed by atoms with E-state index in [1.807, 2.05) is 37.3 Å². The molecule has 2 aromatic rings. The SMILES string of the molecule is COC1CCC(N(C)CC(=O)c2cc(C)n(-c3cc[c-]cc3)c2C)CC1.[W]. The molecule has 0 atom stereocenters. The molecule has 1 saturated carbocycles. The Kier molecular flexibility index (Phi) is 8.02. The van der Waals surface area contributed by atoms with Crippen LogP contribution in [0, 0.1) is 19.9 Å². The van der Waals surface area contributed by atoms with Crippen LogP contribution in [0.4, 0.5) is 0 Å². The van der Waals surface area contributed by atoms with Crippen molar-refractivity contribution in [3.63, 3.8) is 0 Å². The monoisotopic (exact) mass is 537 g/mol. The summed E-state index contributed by atoms with van der Waals surface area (Å²) in [7, 11) is 3.86. The summed E-state index contributed by atoms with van der Waals surface area (Å²) < 4.78 is 7.60. The van der Waals surface area contributed by atoms with Crippen LogP contribution in [-0.2, 0) is 25.8 Å². The fourth-order valence-electron chi connectivity index (χ4n) is 4.13. The van der Waals surface area contributed by atoms with Gasteiger partial charge in [0.2, 0.25) is 0 Å². The molecule has 27 heavy (non-hydrogen) atoms. The van der Waals surface area contributed by atoms with Crippen molar-refractivity contribution in [2.45, 2.75) is 51.7 Å². The van der Waals surface area contributed by atoms with Crippen molar-refractivity contribution in [2.24, 2.45) is 0 Å². The van der Waals surface area contributed by atoms with E-state index in [2.05, 4.69) is 29.5 Å². The molecule has 0 amide bonds. The van der Waals surface area contributed by atoms with E-state index in [9.17, 15) is 4.79 Å². The van der Waals surface area contributed by atoms with Gasteiger partial charge in [0.05, 0.1) is 12.6 Å². The van der Waals surface area contributed by atoms with Gasteiger partial charge in [0.15, 0.2) is 5.78 Å². The first-order valence-corrected chi connectivity index (χ1v) is 9.43. The summed E-state index contributed by atoms with van der Waals surface area (Å²) in [6, 6.07) is 13.4. The number of aryl methyl sites for hydroxylation is 1. The van der Waals surface area contributed by atoms with E-state index in [1.54, 1.807) is 7.11 Å². The Morgan fingerprint density at radius 2 is 1.85 bits per heavy atom. The summed E-state index contributed by atoms with van der Waals surface area (Å²) in [6.45, 7) is 4.55. The molecule has 1 aliphatic rings. The van der Waals surface area contributed by atoms with Crippen molar-refractivity contribution in [3.8, 4) is 5.69 Å². The van der Waals surface area contributed by atoms with Gasteiger partial charge in [-0.15, -0.1) is 12.1 Å². The van der Waals surface area contributed by atoms with Crippen LogP contribution in [0.3, 0.4) is 0 Å². The second-order valence-corrected chi connectivity index (χ2v) is 7.38. The normalized spacial score (nSPS) is 19.7. The van der Waals surface area contributed by atoms with Gasteiger partial charge in [0, 0.05) is 51.2 Å². The quantitative estimate of drug-likeness (QED) is 0.414. The molecule has 0 saturated heterocycles. The molecule has 0 bridgehead atoms. The number of ether oxygens (including phenoxy) is 1. The smallest absolute Gasteiger partial charge is 0.178 e. The number of Topliss-reactive ketones (excluding diaryl/α,β-unsaturated/α-hetero) is 1. The Hall–Kier alpha value is -1.22. The van der Waals surface area contributed by atoms with Crippen molar-refractivity contribution in [1.82, 2.24) is 9.47 Å². The first kappa shape index (κ1) is 22.1. The van der Waals surface area contributed by atoms with Gasteiger partial charge in [-0.3, -0.25) is 9.69 Å².